The van der Waals surface area contributed by atoms with Gasteiger partial charge in [0.05, 0.1) is 11.6 Å². The first kappa shape index (κ1) is 14.7. The number of hydrogen-bond acceptors (Lipinski definition) is 2. The fourth-order valence-corrected chi connectivity index (χ4v) is 2.26. The standard InChI is InChI=1S/C15H21FN2/c1-4-14(5-2)11(3)18-10-13-6-12(9-17)7-15(16)8-13/h6-8,11,14,18H,4-5,10H2,1-3H3. The number of nitrogens with zero attached hydrogens (tertiary/aromatic N) is 1. The van der Waals surface area contributed by atoms with Crippen LogP contribution in [0.3, 0.4) is 0 Å². The Balaban J connectivity index is 2.63. The Bertz CT molecular complexity index is 419. The van der Waals surface area contributed by atoms with Crippen LogP contribution in [0.5, 0.6) is 0 Å². The predicted molar refractivity (Wildman–Crippen MR) is 71.5 cm³/mol. The lowest BCUT2D eigenvalue weighted by atomic mass is 9.95. The van der Waals surface area contributed by atoms with E-state index in [1.165, 1.54) is 12.1 Å². The van der Waals surface area contributed by atoms with Crippen molar-refractivity contribution in [2.75, 3.05) is 0 Å². The average Bonchev–Trinajstić information content (AvgIpc) is 2.37. The van der Waals surface area contributed by atoms with Gasteiger partial charge in [-0.15, -0.1) is 0 Å². The van der Waals surface area contributed by atoms with E-state index >= 15 is 0 Å². The molecule has 0 aliphatic heterocycles. The van der Waals surface area contributed by atoms with Crippen molar-refractivity contribution in [2.24, 2.45) is 5.92 Å². The van der Waals surface area contributed by atoms with E-state index in [2.05, 4.69) is 26.1 Å². The van der Waals surface area contributed by atoms with E-state index in [1.807, 2.05) is 6.07 Å². The third kappa shape index (κ3) is 4.12. The lowest BCUT2D eigenvalue weighted by molar-refractivity contribution is 0.353. The molecule has 2 nitrogen and oxygen atoms in total. The first-order valence-electron chi connectivity index (χ1n) is 6.53. The van der Waals surface area contributed by atoms with Crippen LogP contribution in [-0.4, -0.2) is 6.04 Å². The van der Waals surface area contributed by atoms with Gasteiger partial charge < -0.3 is 5.32 Å². The molecule has 0 aliphatic rings. The second kappa shape index (κ2) is 7.13. The van der Waals surface area contributed by atoms with Gasteiger partial charge in [-0.25, -0.2) is 4.39 Å². The minimum Gasteiger partial charge on any atom is -0.310 e. The van der Waals surface area contributed by atoms with E-state index in [1.54, 1.807) is 6.07 Å². The van der Waals surface area contributed by atoms with Crippen molar-refractivity contribution in [2.45, 2.75) is 46.2 Å². The first-order valence-corrected chi connectivity index (χ1v) is 6.53. The van der Waals surface area contributed by atoms with Gasteiger partial charge in [0.25, 0.3) is 0 Å². The smallest absolute Gasteiger partial charge is 0.124 e. The second-order valence-corrected chi connectivity index (χ2v) is 4.71. The molecule has 1 aromatic carbocycles. The summed E-state index contributed by atoms with van der Waals surface area (Å²) in [5, 5.41) is 12.2. The zero-order valence-corrected chi connectivity index (χ0v) is 11.3. The van der Waals surface area contributed by atoms with Crippen LogP contribution in [0.4, 0.5) is 4.39 Å². The molecule has 1 atom stereocenters. The Morgan fingerprint density at radius 1 is 1.28 bits per heavy atom. The molecule has 0 aliphatic carbocycles. The lowest BCUT2D eigenvalue weighted by Gasteiger charge is -2.22. The fourth-order valence-electron chi connectivity index (χ4n) is 2.26. The molecule has 0 amide bonds. The fraction of sp³-hybridized carbons (Fsp3) is 0.533. The highest BCUT2D eigenvalue weighted by molar-refractivity contribution is 5.33. The van der Waals surface area contributed by atoms with Crippen molar-refractivity contribution in [1.82, 2.24) is 5.32 Å². The van der Waals surface area contributed by atoms with Gasteiger partial charge in [0.1, 0.15) is 5.82 Å². The molecule has 1 N–H and O–H groups in total. The lowest BCUT2D eigenvalue weighted by Crippen LogP contribution is -2.32. The Labute approximate surface area is 109 Å². The summed E-state index contributed by atoms with van der Waals surface area (Å²) >= 11 is 0. The summed E-state index contributed by atoms with van der Waals surface area (Å²) < 4.78 is 13.3. The molecular formula is C15H21FN2. The summed E-state index contributed by atoms with van der Waals surface area (Å²) in [5.74, 6) is 0.287. The normalized spacial score (nSPS) is 12.4. The van der Waals surface area contributed by atoms with Gasteiger partial charge in [-0.1, -0.05) is 26.7 Å². The summed E-state index contributed by atoms with van der Waals surface area (Å²) in [5.41, 5.74) is 1.20. The highest BCUT2D eigenvalue weighted by Crippen LogP contribution is 2.14. The van der Waals surface area contributed by atoms with Crippen molar-refractivity contribution in [3.63, 3.8) is 0 Å². The summed E-state index contributed by atoms with van der Waals surface area (Å²) in [4.78, 5) is 0. The molecule has 0 fully saturated rings. The molecule has 98 valence electrons. The van der Waals surface area contributed by atoms with Crippen LogP contribution in [0, 0.1) is 23.1 Å². The minimum absolute atomic E-state index is 0.346. The second-order valence-electron chi connectivity index (χ2n) is 4.71. The minimum atomic E-state index is -0.346. The summed E-state index contributed by atoms with van der Waals surface area (Å²) in [6, 6.07) is 6.84. The van der Waals surface area contributed by atoms with Gasteiger partial charge in [-0.05, 0) is 36.6 Å². The molecule has 0 saturated carbocycles. The van der Waals surface area contributed by atoms with Gasteiger partial charge in [-0.2, -0.15) is 5.26 Å². The Hall–Kier alpha value is -1.40. The van der Waals surface area contributed by atoms with E-state index in [0.717, 1.165) is 18.4 Å². The van der Waals surface area contributed by atoms with Gasteiger partial charge in [0, 0.05) is 12.6 Å². The van der Waals surface area contributed by atoms with E-state index in [4.69, 9.17) is 5.26 Å². The molecular weight excluding hydrogens is 227 g/mol. The van der Waals surface area contributed by atoms with Crippen LogP contribution in [0.15, 0.2) is 18.2 Å². The zero-order chi connectivity index (χ0) is 13.5. The number of nitrogens with one attached hydrogen (secondary N) is 1. The summed E-state index contributed by atoms with van der Waals surface area (Å²) in [6.45, 7) is 7.12. The molecule has 0 aromatic heterocycles. The maximum Gasteiger partial charge on any atom is 0.124 e. The Morgan fingerprint density at radius 2 is 1.94 bits per heavy atom. The maximum atomic E-state index is 13.3. The van der Waals surface area contributed by atoms with E-state index in [0.29, 0.717) is 24.1 Å². The molecule has 0 heterocycles. The van der Waals surface area contributed by atoms with Crippen LogP contribution in [0.25, 0.3) is 0 Å². The summed E-state index contributed by atoms with van der Waals surface area (Å²) in [6.07, 6.45) is 2.27. The van der Waals surface area contributed by atoms with Crippen LogP contribution < -0.4 is 5.32 Å². The number of rotatable bonds is 6. The molecule has 0 spiro atoms. The number of benzene rings is 1. The molecule has 0 radical (unpaired) electrons. The molecule has 1 aromatic rings. The third-order valence-electron chi connectivity index (χ3n) is 3.47. The highest BCUT2D eigenvalue weighted by Gasteiger charge is 2.12. The van der Waals surface area contributed by atoms with Gasteiger partial charge in [-0.3, -0.25) is 0 Å². The molecule has 0 bridgehead atoms. The van der Waals surface area contributed by atoms with Crippen molar-refractivity contribution in [3.05, 3.63) is 35.1 Å². The van der Waals surface area contributed by atoms with Crippen LogP contribution in [0.1, 0.15) is 44.7 Å². The van der Waals surface area contributed by atoms with Gasteiger partial charge in [0.15, 0.2) is 0 Å². The zero-order valence-electron chi connectivity index (χ0n) is 11.3. The van der Waals surface area contributed by atoms with E-state index < -0.39 is 0 Å². The maximum absolute atomic E-state index is 13.3. The predicted octanol–water partition coefficient (Wildman–Crippen LogP) is 3.61. The Morgan fingerprint density at radius 3 is 2.50 bits per heavy atom. The van der Waals surface area contributed by atoms with Gasteiger partial charge >= 0.3 is 0 Å². The largest absolute Gasteiger partial charge is 0.310 e. The van der Waals surface area contributed by atoms with Crippen molar-refractivity contribution < 1.29 is 4.39 Å². The van der Waals surface area contributed by atoms with Crippen molar-refractivity contribution in [3.8, 4) is 6.07 Å². The Kier molecular flexibility index (Phi) is 5.80. The number of hydrogen-bond donors (Lipinski definition) is 1. The SMILES string of the molecule is CCC(CC)C(C)NCc1cc(F)cc(C#N)c1. The molecule has 18 heavy (non-hydrogen) atoms. The van der Waals surface area contributed by atoms with Crippen LogP contribution in [0.2, 0.25) is 0 Å². The topological polar surface area (TPSA) is 35.8 Å². The molecule has 3 heteroatoms. The van der Waals surface area contributed by atoms with Crippen molar-refractivity contribution in [1.29, 1.82) is 5.26 Å². The molecule has 1 unspecified atom stereocenters. The van der Waals surface area contributed by atoms with Gasteiger partial charge in [0.2, 0.25) is 0 Å². The van der Waals surface area contributed by atoms with Crippen molar-refractivity contribution >= 4 is 0 Å². The summed E-state index contributed by atoms with van der Waals surface area (Å²) in [7, 11) is 0. The van der Waals surface area contributed by atoms with Crippen LogP contribution in [-0.2, 0) is 6.54 Å². The highest BCUT2D eigenvalue weighted by atomic mass is 19.1. The third-order valence-corrected chi connectivity index (χ3v) is 3.47. The monoisotopic (exact) mass is 248 g/mol. The quantitative estimate of drug-likeness (QED) is 0.834. The van der Waals surface area contributed by atoms with E-state index in [9.17, 15) is 4.39 Å². The average molecular weight is 248 g/mol. The van der Waals surface area contributed by atoms with Crippen LogP contribution >= 0.6 is 0 Å². The first-order chi connectivity index (χ1) is 8.60. The molecule has 0 saturated heterocycles. The van der Waals surface area contributed by atoms with E-state index in [-0.39, 0.29) is 5.82 Å². The molecule has 1 rings (SSSR count). The number of halogens is 1. The number of nitriles is 1.